The highest BCUT2D eigenvalue weighted by Crippen LogP contribution is 2.38. The van der Waals surface area contributed by atoms with Crippen molar-refractivity contribution in [3.63, 3.8) is 0 Å². The van der Waals surface area contributed by atoms with E-state index < -0.39 is 0 Å². The Balaban J connectivity index is 0.000000880. The van der Waals surface area contributed by atoms with Gasteiger partial charge in [0.25, 0.3) is 0 Å². The van der Waals surface area contributed by atoms with Crippen molar-refractivity contribution in [1.29, 1.82) is 0 Å². The molecule has 2 aromatic heterocycles. The van der Waals surface area contributed by atoms with Gasteiger partial charge in [-0.2, -0.15) is 0 Å². The summed E-state index contributed by atoms with van der Waals surface area (Å²) in [6.07, 6.45) is 8.19. The largest absolute Gasteiger partial charge is 0.441 e. The predicted octanol–water partition coefficient (Wildman–Crippen LogP) is 3.20. The number of aromatic nitrogens is 2. The fourth-order valence-electron chi connectivity index (χ4n) is 3.11. The summed E-state index contributed by atoms with van der Waals surface area (Å²) >= 11 is 0. The van der Waals surface area contributed by atoms with Gasteiger partial charge in [-0.15, -0.1) is 0 Å². The maximum atomic E-state index is 10.8. The van der Waals surface area contributed by atoms with Gasteiger partial charge in [-0.1, -0.05) is 6.07 Å². The molecule has 0 atom stereocenters. The lowest BCUT2D eigenvalue weighted by Gasteiger charge is -2.34. The molecule has 0 radical (unpaired) electrons. The number of oxazole rings is 1. The summed E-state index contributed by atoms with van der Waals surface area (Å²) in [7, 11) is 1.00. The van der Waals surface area contributed by atoms with E-state index in [-0.39, 0.29) is 5.92 Å². The van der Waals surface area contributed by atoms with Crippen LogP contribution in [0.25, 0.3) is 22.1 Å². The van der Waals surface area contributed by atoms with Gasteiger partial charge in [0, 0.05) is 54.7 Å². The molecule has 2 N–H and O–H groups in total. The molecule has 25 heavy (non-hydrogen) atoms. The van der Waals surface area contributed by atoms with Crippen molar-refractivity contribution in [2.75, 3.05) is 12.4 Å². The Kier molecular flexibility index (Phi) is 5.09. The van der Waals surface area contributed by atoms with Crippen LogP contribution < -0.4 is 5.32 Å². The highest BCUT2D eigenvalue weighted by atomic mass is 16.4. The van der Waals surface area contributed by atoms with Gasteiger partial charge in [-0.3, -0.25) is 4.98 Å². The van der Waals surface area contributed by atoms with Gasteiger partial charge in [0.15, 0.2) is 11.7 Å². The summed E-state index contributed by atoms with van der Waals surface area (Å²) in [5, 5.41) is 12.8. The van der Waals surface area contributed by atoms with Crippen LogP contribution in [0.15, 0.2) is 41.2 Å². The van der Waals surface area contributed by atoms with E-state index in [9.17, 15) is 4.79 Å². The molecule has 2 heterocycles. The van der Waals surface area contributed by atoms with Gasteiger partial charge < -0.3 is 19.6 Å². The van der Waals surface area contributed by atoms with Gasteiger partial charge in [-0.05, 0) is 25.0 Å². The molecule has 6 heteroatoms. The molecular formula is C19H21N3O3. The number of rotatable bonds is 4. The Hall–Kier alpha value is -2.73. The lowest BCUT2D eigenvalue weighted by atomic mass is 9.81. The smallest absolute Gasteiger partial charge is 0.191 e. The molecular weight excluding hydrogens is 318 g/mol. The molecule has 130 valence electrons. The van der Waals surface area contributed by atoms with Crippen molar-refractivity contribution in [3.8, 4) is 11.3 Å². The van der Waals surface area contributed by atoms with E-state index in [4.69, 9.17) is 9.52 Å². The number of aliphatic hydroxyl groups excluding tert-OH is 1. The predicted molar refractivity (Wildman–Crippen MR) is 96.3 cm³/mol. The van der Waals surface area contributed by atoms with Crippen molar-refractivity contribution in [2.24, 2.45) is 5.92 Å². The summed E-state index contributed by atoms with van der Waals surface area (Å²) in [6.45, 7) is 1.84. The number of aliphatic hydroxyl groups is 1. The summed E-state index contributed by atoms with van der Waals surface area (Å²) < 4.78 is 5.71. The Morgan fingerprint density at radius 1 is 1.24 bits per heavy atom. The zero-order chi connectivity index (χ0) is 17.8. The minimum Gasteiger partial charge on any atom is -0.441 e. The van der Waals surface area contributed by atoms with E-state index in [0.29, 0.717) is 11.9 Å². The number of carbonyl (C=O) groups excluding carboxylic acids is 1. The first-order chi connectivity index (χ1) is 12.2. The minimum atomic E-state index is 0.181. The number of aldehydes is 1. The lowest BCUT2D eigenvalue weighted by molar-refractivity contribution is -0.113. The summed E-state index contributed by atoms with van der Waals surface area (Å²) in [5.41, 5.74) is 2.01. The van der Waals surface area contributed by atoms with E-state index >= 15 is 0 Å². The van der Waals surface area contributed by atoms with Crippen molar-refractivity contribution < 1.29 is 14.3 Å². The molecule has 1 fully saturated rings. The van der Waals surface area contributed by atoms with E-state index in [0.717, 1.165) is 54.0 Å². The Morgan fingerprint density at radius 3 is 2.72 bits per heavy atom. The van der Waals surface area contributed by atoms with Crippen molar-refractivity contribution in [3.05, 3.63) is 42.7 Å². The highest BCUT2D eigenvalue weighted by molar-refractivity contribution is 6.00. The van der Waals surface area contributed by atoms with Gasteiger partial charge in [0.05, 0.1) is 11.9 Å². The Bertz CT molecular complexity index is 869. The van der Waals surface area contributed by atoms with Crippen LogP contribution in [0.2, 0.25) is 0 Å². The average molecular weight is 339 g/mol. The van der Waals surface area contributed by atoms with Crippen LogP contribution in [0.4, 0.5) is 5.69 Å². The number of fused-ring (bicyclic) bond motifs is 1. The third kappa shape index (κ3) is 3.39. The van der Waals surface area contributed by atoms with Gasteiger partial charge in [0.1, 0.15) is 6.29 Å². The third-order valence-electron chi connectivity index (χ3n) is 4.42. The first-order valence-corrected chi connectivity index (χ1v) is 8.20. The molecule has 0 aliphatic heterocycles. The molecule has 0 saturated heterocycles. The molecule has 1 saturated carbocycles. The maximum Gasteiger partial charge on any atom is 0.191 e. The Morgan fingerprint density at radius 2 is 2.04 bits per heavy atom. The third-order valence-corrected chi connectivity index (χ3v) is 4.42. The second kappa shape index (κ2) is 7.44. The highest BCUT2D eigenvalue weighted by Gasteiger charge is 2.29. The molecule has 0 unspecified atom stereocenters. The second-order valence-corrected chi connectivity index (χ2v) is 6.04. The number of pyridine rings is 1. The SMILES string of the molecule is CO.Cc1ncc(-c2ccc3cnccc3c2NC2CC(C=O)C2)o1. The molecule has 0 amide bonds. The molecule has 6 nitrogen and oxygen atoms in total. The fourth-order valence-corrected chi connectivity index (χ4v) is 3.11. The molecule has 1 aliphatic rings. The molecule has 1 aromatic carbocycles. The summed E-state index contributed by atoms with van der Waals surface area (Å²) in [6, 6.07) is 6.38. The van der Waals surface area contributed by atoms with Crippen molar-refractivity contribution in [1.82, 2.24) is 9.97 Å². The number of nitrogens with zero attached hydrogens (tertiary/aromatic N) is 2. The zero-order valence-corrected chi connectivity index (χ0v) is 14.3. The molecule has 1 aliphatic carbocycles. The standard InChI is InChI=1S/C18H17N3O2.CH4O/c1-11-20-9-17(23-11)16-3-2-13-8-19-5-4-15(13)18(16)21-14-6-12(7-14)10-22;1-2/h2-5,8-10,12,14,21H,6-7H2,1H3;2H,1H3. The van der Waals surface area contributed by atoms with Crippen molar-refractivity contribution >= 4 is 22.7 Å². The lowest BCUT2D eigenvalue weighted by Crippen LogP contribution is -2.36. The van der Waals surface area contributed by atoms with Crippen LogP contribution in [-0.4, -0.2) is 34.5 Å². The van der Waals surface area contributed by atoms with E-state index in [1.165, 1.54) is 0 Å². The van der Waals surface area contributed by atoms with E-state index in [2.05, 4.69) is 15.3 Å². The van der Waals surface area contributed by atoms with E-state index in [1.54, 1.807) is 12.4 Å². The second-order valence-electron chi connectivity index (χ2n) is 6.04. The van der Waals surface area contributed by atoms with Crippen LogP contribution in [-0.2, 0) is 4.79 Å². The molecule has 0 bridgehead atoms. The fraction of sp³-hybridized carbons (Fsp3) is 0.316. The Labute approximate surface area is 145 Å². The maximum absolute atomic E-state index is 10.8. The van der Waals surface area contributed by atoms with Crippen molar-refractivity contribution in [2.45, 2.75) is 25.8 Å². The average Bonchev–Trinajstić information content (AvgIpc) is 3.05. The number of benzene rings is 1. The van der Waals surface area contributed by atoms with Crippen LogP contribution in [0.5, 0.6) is 0 Å². The number of hydrogen-bond donors (Lipinski definition) is 2. The topological polar surface area (TPSA) is 88.3 Å². The normalized spacial score (nSPS) is 18.8. The minimum absolute atomic E-state index is 0.181. The molecule has 4 rings (SSSR count). The quantitative estimate of drug-likeness (QED) is 0.710. The van der Waals surface area contributed by atoms with Gasteiger partial charge in [0.2, 0.25) is 0 Å². The summed E-state index contributed by atoms with van der Waals surface area (Å²) in [5.74, 6) is 1.57. The first-order valence-electron chi connectivity index (χ1n) is 8.20. The molecule has 3 aromatic rings. The monoisotopic (exact) mass is 339 g/mol. The number of aryl methyl sites for hydroxylation is 1. The zero-order valence-electron chi connectivity index (χ0n) is 14.3. The number of anilines is 1. The number of hydrogen-bond acceptors (Lipinski definition) is 6. The van der Waals surface area contributed by atoms with Gasteiger partial charge in [-0.25, -0.2) is 4.98 Å². The van der Waals surface area contributed by atoms with E-state index in [1.807, 2.05) is 31.3 Å². The first kappa shape index (κ1) is 17.1. The molecule has 0 spiro atoms. The van der Waals surface area contributed by atoms with Crippen LogP contribution >= 0.6 is 0 Å². The van der Waals surface area contributed by atoms with Crippen LogP contribution in [0.3, 0.4) is 0 Å². The van der Waals surface area contributed by atoms with Crippen LogP contribution in [0, 0.1) is 12.8 Å². The summed E-state index contributed by atoms with van der Waals surface area (Å²) in [4.78, 5) is 19.2. The number of nitrogens with one attached hydrogen (secondary N) is 1. The van der Waals surface area contributed by atoms with Crippen LogP contribution in [0.1, 0.15) is 18.7 Å². The van der Waals surface area contributed by atoms with Gasteiger partial charge >= 0.3 is 0 Å². The number of carbonyl (C=O) groups is 1.